The minimum absolute atomic E-state index is 0.0602. The van der Waals surface area contributed by atoms with Crippen LogP contribution in [-0.4, -0.2) is 6.54 Å². The maximum Gasteiger partial charge on any atom is 0.159 e. The molecule has 0 aromatic heterocycles. The van der Waals surface area contributed by atoms with Gasteiger partial charge in [0.2, 0.25) is 0 Å². The molecular weight excluding hydrogens is 184 g/mol. The van der Waals surface area contributed by atoms with Crippen molar-refractivity contribution in [2.45, 2.75) is 26.3 Å². The molecule has 1 aromatic carbocycles. The van der Waals surface area contributed by atoms with E-state index in [1.807, 2.05) is 6.92 Å². The number of rotatable bonds is 4. The Kier molecular flexibility index (Phi) is 4.01. The van der Waals surface area contributed by atoms with Crippen LogP contribution < -0.4 is 5.32 Å². The van der Waals surface area contributed by atoms with Crippen LogP contribution in [0.25, 0.3) is 0 Å². The first kappa shape index (κ1) is 11.1. The molecule has 0 fully saturated rings. The highest BCUT2D eigenvalue weighted by molar-refractivity contribution is 5.20. The lowest BCUT2D eigenvalue weighted by atomic mass is 10.1. The van der Waals surface area contributed by atoms with E-state index in [1.165, 1.54) is 6.07 Å². The molecule has 0 radical (unpaired) electrons. The van der Waals surface area contributed by atoms with Gasteiger partial charge in [-0.25, -0.2) is 8.78 Å². The summed E-state index contributed by atoms with van der Waals surface area (Å²) in [5.41, 5.74) is 0.775. The van der Waals surface area contributed by atoms with Crippen molar-refractivity contribution in [3.63, 3.8) is 0 Å². The van der Waals surface area contributed by atoms with Crippen LogP contribution in [-0.2, 0) is 0 Å². The van der Waals surface area contributed by atoms with Crippen LogP contribution in [0.1, 0.15) is 31.9 Å². The van der Waals surface area contributed by atoms with E-state index >= 15 is 0 Å². The minimum atomic E-state index is -0.795. The van der Waals surface area contributed by atoms with E-state index in [-0.39, 0.29) is 6.04 Å². The van der Waals surface area contributed by atoms with Crippen LogP contribution in [0.5, 0.6) is 0 Å². The Morgan fingerprint density at radius 1 is 1.29 bits per heavy atom. The summed E-state index contributed by atoms with van der Waals surface area (Å²) in [6.07, 6.45) is 1.02. The Balaban J connectivity index is 2.70. The zero-order chi connectivity index (χ0) is 10.6. The summed E-state index contributed by atoms with van der Waals surface area (Å²) in [7, 11) is 0. The fourth-order valence-electron chi connectivity index (χ4n) is 1.26. The standard InChI is InChI=1S/C11H15F2N/c1-3-6-14-8(2)9-4-5-10(12)11(13)7-9/h4-5,7-8,14H,3,6H2,1-2H3. The highest BCUT2D eigenvalue weighted by Crippen LogP contribution is 2.15. The van der Waals surface area contributed by atoms with Gasteiger partial charge in [-0.1, -0.05) is 13.0 Å². The average Bonchev–Trinajstić information content (AvgIpc) is 2.18. The molecular formula is C11H15F2N. The van der Waals surface area contributed by atoms with Gasteiger partial charge in [-0.3, -0.25) is 0 Å². The highest BCUT2D eigenvalue weighted by Gasteiger charge is 2.07. The van der Waals surface area contributed by atoms with E-state index in [0.717, 1.165) is 24.6 Å². The van der Waals surface area contributed by atoms with Crippen molar-refractivity contribution in [2.24, 2.45) is 0 Å². The second-order valence-electron chi connectivity index (χ2n) is 3.35. The summed E-state index contributed by atoms with van der Waals surface area (Å²) < 4.78 is 25.5. The van der Waals surface area contributed by atoms with E-state index < -0.39 is 11.6 Å². The number of nitrogens with one attached hydrogen (secondary N) is 1. The third-order valence-corrected chi connectivity index (χ3v) is 2.14. The van der Waals surface area contributed by atoms with Gasteiger partial charge in [-0.15, -0.1) is 0 Å². The zero-order valence-corrected chi connectivity index (χ0v) is 8.48. The molecule has 0 aliphatic carbocycles. The molecule has 0 aliphatic heterocycles. The molecule has 1 atom stereocenters. The van der Waals surface area contributed by atoms with Gasteiger partial charge in [0.15, 0.2) is 11.6 Å². The molecule has 0 heterocycles. The molecule has 0 spiro atoms. The molecule has 0 amide bonds. The second-order valence-corrected chi connectivity index (χ2v) is 3.35. The Labute approximate surface area is 83.1 Å². The number of halogens is 2. The first-order chi connectivity index (χ1) is 6.65. The molecule has 0 saturated heterocycles. The molecule has 1 nitrogen and oxygen atoms in total. The van der Waals surface area contributed by atoms with Gasteiger partial charge in [0.25, 0.3) is 0 Å². The quantitative estimate of drug-likeness (QED) is 0.786. The maximum absolute atomic E-state index is 12.9. The minimum Gasteiger partial charge on any atom is -0.310 e. The monoisotopic (exact) mass is 199 g/mol. The second kappa shape index (κ2) is 5.05. The highest BCUT2D eigenvalue weighted by atomic mass is 19.2. The zero-order valence-electron chi connectivity index (χ0n) is 8.48. The van der Waals surface area contributed by atoms with Crippen LogP contribution in [0.4, 0.5) is 8.78 Å². The van der Waals surface area contributed by atoms with Crippen LogP contribution in [0.2, 0.25) is 0 Å². The molecule has 3 heteroatoms. The van der Waals surface area contributed by atoms with Crippen molar-refractivity contribution in [1.82, 2.24) is 5.32 Å². The number of hydrogen-bond donors (Lipinski definition) is 1. The summed E-state index contributed by atoms with van der Waals surface area (Å²) >= 11 is 0. The molecule has 78 valence electrons. The van der Waals surface area contributed by atoms with Gasteiger partial charge in [-0.2, -0.15) is 0 Å². The molecule has 14 heavy (non-hydrogen) atoms. The molecule has 1 rings (SSSR count). The lowest BCUT2D eigenvalue weighted by Crippen LogP contribution is -2.19. The molecule has 0 bridgehead atoms. The van der Waals surface area contributed by atoms with Crippen LogP contribution in [0.3, 0.4) is 0 Å². The van der Waals surface area contributed by atoms with Gasteiger partial charge in [0, 0.05) is 6.04 Å². The third-order valence-electron chi connectivity index (χ3n) is 2.14. The molecule has 0 aliphatic rings. The van der Waals surface area contributed by atoms with Crippen molar-refractivity contribution in [3.8, 4) is 0 Å². The predicted octanol–water partition coefficient (Wildman–Crippen LogP) is 3.03. The van der Waals surface area contributed by atoms with Gasteiger partial charge in [0.1, 0.15) is 0 Å². The summed E-state index contributed by atoms with van der Waals surface area (Å²) in [5, 5.41) is 3.21. The van der Waals surface area contributed by atoms with Crippen LogP contribution in [0, 0.1) is 11.6 Å². The number of hydrogen-bond acceptors (Lipinski definition) is 1. The van der Waals surface area contributed by atoms with Gasteiger partial charge in [-0.05, 0) is 37.6 Å². The summed E-state index contributed by atoms with van der Waals surface area (Å²) in [6.45, 7) is 4.87. The SMILES string of the molecule is CCCNC(C)c1ccc(F)c(F)c1. The maximum atomic E-state index is 12.9. The Morgan fingerprint density at radius 3 is 2.57 bits per heavy atom. The predicted molar refractivity (Wildman–Crippen MR) is 53.1 cm³/mol. The summed E-state index contributed by atoms with van der Waals surface area (Å²) in [4.78, 5) is 0. The molecule has 1 aromatic rings. The largest absolute Gasteiger partial charge is 0.310 e. The van der Waals surface area contributed by atoms with Crippen molar-refractivity contribution >= 4 is 0 Å². The normalized spacial score (nSPS) is 12.9. The van der Waals surface area contributed by atoms with Crippen molar-refractivity contribution in [1.29, 1.82) is 0 Å². The van der Waals surface area contributed by atoms with Crippen molar-refractivity contribution in [3.05, 3.63) is 35.4 Å². The summed E-state index contributed by atoms with van der Waals surface area (Å²) in [6, 6.07) is 4.06. The molecule has 1 unspecified atom stereocenters. The molecule has 0 saturated carbocycles. The fraction of sp³-hybridized carbons (Fsp3) is 0.455. The van der Waals surface area contributed by atoms with Crippen LogP contribution in [0.15, 0.2) is 18.2 Å². The lowest BCUT2D eigenvalue weighted by molar-refractivity contribution is 0.500. The summed E-state index contributed by atoms with van der Waals surface area (Å²) in [5.74, 6) is -1.58. The first-order valence-corrected chi connectivity index (χ1v) is 4.83. The number of benzene rings is 1. The van der Waals surface area contributed by atoms with Gasteiger partial charge in [0.05, 0.1) is 0 Å². The average molecular weight is 199 g/mol. The van der Waals surface area contributed by atoms with E-state index in [1.54, 1.807) is 6.07 Å². The van der Waals surface area contributed by atoms with E-state index in [9.17, 15) is 8.78 Å². The molecule has 1 N–H and O–H groups in total. The van der Waals surface area contributed by atoms with Crippen LogP contribution >= 0.6 is 0 Å². The Bertz CT molecular complexity index is 299. The van der Waals surface area contributed by atoms with E-state index in [4.69, 9.17) is 0 Å². The smallest absolute Gasteiger partial charge is 0.159 e. The van der Waals surface area contributed by atoms with Crippen molar-refractivity contribution < 1.29 is 8.78 Å². The Hall–Kier alpha value is -0.960. The topological polar surface area (TPSA) is 12.0 Å². The lowest BCUT2D eigenvalue weighted by Gasteiger charge is -2.13. The van der Waals surface area contributed by atoms with Crippen molar-refractivity contribution in [2.75, 3.05) is 6.54 Å². The van der Waals surface area contributed by atoms with Gasteiger partial charge < -0.3 is 5.32 Å². The fourth-order valence-corrected chi connectivity index (χ4v) is 1.26. The Morgan fingerprint density at radius 2 is 2.00 bits per heavy atom. The van der Waals surface area contributed by atoms with Gasteiger partial charge >= 0.3 is 0 Å². The first-order valence-electron chi connectivity index (χ1n) is 4.83. The third kappa shape index (κ3) is 2.77. The van der Waals surface area contributed by atoms with E-state index in [2.05, 4.69) is 12.2 Å². The van der Waals surface area contributed by atoms with E-state index in [0.29, 0.717) is 0 Å².